The van der Waals surface area contributed by atoms with Crippen LogP contribution < -0.4 is 16.6 Å². The monoisotopic (exact) mass is 276 g/mol. The van der Waals surface area contributed by atoms with Gasteiger partial charge >= 0.3 is 0 Å². The van der Waals surface area contributed by atoms with Gasteiger partial charge in [0.15, 0.2) is 5.65 Å². The number of anilines is 2. The number of H-pyrrole nitrogens is 1. The van der Waals surface area contributed by atoms with E-state index >= 15 is 0 Å². The number of hydrogen-bond acceptors (Lipinski definition) is 7. The average Bonchev–Trinajstić information content (AvgIpc) is 3.09. The molecule has 2 aromatic heterocycles. The van der Waals surface area contributed by atoms with Gasteiger partial charge in [0, 0.05) is 12.6 Å². The lowest BCUT2D eigenvalue weighted by atomic mass is 10.3. The highest BCUT2D eigenvalue weighted by atomic mass is 15.3. The highest BCUT2D eigenvalue weighted by Crippen LogP contribution is 2.20. The predicted octanol–water partition coefficient (Wildman–Crippen LogP) is 0.535. The van der Waals surface area contributed by atoms with Gasteiger partial charge in [-0.15, -0.1) is 0 Å². The maximum Gasteiger partial charge on any atom is 0.241 e. The molecule has 1 saturated heterocycles. The molecule has 3 rings (SSSR count). The molecular weight excluding hydrogens is 256 g/mol. The Morgan fingerprint density at radius 3 is 2.95 bits per heavy atom. The quantitative estimate of drug-likeness (QED) is 0.466. The Labute approximate surface area is 117 Å². The van der Waals surface area contributed by atoms with E-state index in [1.54, 1.807) is 6.20 Å². The fraction of sp³-hybridized carbons (Fsp3) is 0.583. The van der Waals surface area contributed by atoms with Crippen LogP contribution in [0.4, 0.5) is 11.8 Å². The minimum absolute atomic E-state index is 0.298. The van der Waals surface area contributed by atoms with Gasteiger partial charge in [0.05, 0.1) is 11.6 Å². The van der Waals surface area contributed by atoms with Gasteiger partial charge in [0.25, 0.3) is 0 Å². The van der Waals surface area contributed by atoms with Crippen molar-refractivity contribution in [3.63, 3.8) is 0 Å². The molecule has 0 aliphatic carbocycles. The second kappa shape index (κ2) is 5.59. The Kier molecular flexibility index (Phi) is 3.66. The van der Waals surface area contributed by atoms with Crippen molar-refractivity contribution in [3.05, 3.63) is 6.20 Å². The molecule has 5 N–H and O–H groups in total. The third-order valence-electron chi connectivity index (χ3n) is 3.55. The zero-order valence-electron chi connectivity index (χ0n) is 11.6. The van der Waals surface area contributed by atoms with Gasteiger partial charge in [-0.3, -0.25) is 10.5 Å². The lowest BCUT2D eigenvalue weighted by Gasteiger charge is -2.21. The molecule has 108 valence electrons. The van der Waals surface area contributed by atoms with E-state index < -0.39 is 0 Å². The second-order valence-electron chi connectivity index (χ2n) is 5.23. The first-order chi connectivity index (χ1) is 9.76. The number of likely N-dealkylation sites (tertiary alicyclic amines) is 1. The van der Waals surface area contributed by atoms with Crippen molar-refractivity contribution >= 4 is 22.8 Å². The summed E-state index contributed by atoms with van der Waals surface area (Å²) in [5.41, 5.74) is 3.15. The van der Waals surface area contributed by atoms with Gasteiger partial charge in [0.2, 0.25) is 5.95 Å². The van der Waals surface area contributed by atoms with Crippen LogP contribution in [-0.4, -0.2) is 50.7 Å². The summed E-state index contributed by atoms with van der Waals surface area (Å²) in [6.45, 7) is 5.54. The number of aromatic amines is 1. The van der Waals surface area contributed by atoms with Gasteiger partial charge in [-0.2, -0.15) is 15.1 Å². The van der Waals surface area contributed by atoms with Crippen LogP contribution in [0, 0.1) is 0 Å². The van der Waals surface area contributed by atoms with Crippen molar-refractivity contribution in [2.24, 2.45) is 5.84 Å². The average molecular weight is 276 g/mol. The van der Waals surface area contributed by atoms with Crippen LogP contribution in [-0.2, 0) is 0 Å². The highest BCUT2D eigenvalue weighted by Gasteiger charge is 2.16. The number of nitrogens with zero attached hydrogens (tertiary/aromatic N) is 4. The normalized spacial score (nSPS) is 17.5. The Morgan fingerprint density at radius 2 is 2.20 bits per heavy atom. The van der Waals surface area contributed by atoms with Crippen molar-refractivity contribution in [1.82, 2.24) is 25.1 Å². The number of nitrogen functional groups attached to an aromatic ring is 1. The summed E-state index contributed by atoms with van der Waals surface area (Å²) in [5, 5.41) is 11.1. The Bertz CT molecular complexity index is 574. The fourth-order valence-corrected chi connectivity index (χ4v) is 2.64. The van der Waals surface area contributed by atoms with E-state index in [4.69, 9.17) is 5.84 Å². The molecular formula is C12H20N8. The summed E-state index contributed by atoms with van der Waals surface area (Å²) < 4.78 is 0. The standard InChI is InChI=1S/C12H20N8/c1-8(7-20-4-2-3-5-20)15-10-9-6-14-19-11(9)17-12(16-10)18-13/h6,8H,2-5,7,13H2,1H3,(H3,14,15,16,17,18,19). The van der Waals surface area contributed by atoms with Crippen LogP contribution in [0.3, 0.4) is 0 Å². The fourth-order valence-electron chi connectivity index (χ4n) is 2.64. The Balaban J connectivity index is 1.76. The summed E-state index contributed by atoms with van der Waals surface area (Å²) in [4.78, 5) is 11.0. The highest BCUT2D eigenvalue weighted by molar-refractivity contribution is 5.87. The molecule has 1 aliphatic heterocycles. The summed E-state index contributed by atoms with van der Waals surface area (Å²) in [6.07, 6.45) is 4.32. The van der Waals surface area contributed by atoms with Crippen LogP contribution in [0.15, 0.2) is 6.20 Å². The lowest BCUT2D eigenvalue weighted by Crippen LogP contribution is -2.33. The number of nitrogens with one attached hydrogen (secondary N) is 3. The molecule has 20 heavy (non-hydrogen) atoms. The number of nitrogens with two attached hydrogens (primary N) is 1. The molecule has 1 unspecified atom stereocenters. The number of rotatable bonds is 5. The minimum Gasteiger partial charge on any atom is -0.366 e. The van der Waals surface area contributed by atoms with Crippen LogP contribution in [0.1, 0.15) is 19.8 Å². The summed E-state index contributed by atoms with van der Waals surface area (Å²) in [7, 11) is 0. The predicted molar refractivity (Wildman–Crippen MR) is 78.3 cm³/mol. The van der Waals surface area contributed by atoms with Crippen LogP contribution in [0.25, 0.3) is 11.0 Å². The molecule has 8 heteroatoms. The van der Waals surface area contributed by atoms with Gasteiger partial charge < -0.3 is 10.2 Å². The number of hydrogen-bond donors (Lipinski definition) is 4. The molecule has 3 heterocycles. The molecule has 2 aromatic rings. The van der Waals surface area contributed by atoms with Gasteiger partial charge in [-0.05, 0) is 32.9 Å². The largest absolute Gasteiger partial charge is 0.366 e. The first-order valence-corrected chi connectivity index (χ1v) is 6.93. The molecule has 1 aliphatic rings. The summed E-state index contributed by atoms with van der Waals surface area (Å²) in [6, 6.07) is 0.298. The first kappa shape index (κ1) is 13.1. The van der Waals surface area contributed by atoms with Gasteiger partial charge in [-0.1, -0.05) is 0 Å². The zero-order valence-corrected chi connectivity index (χ0v) is 11.6. The summed E-state index contributed by atoms with van der Waals surface area (Å²) in [5.74, 6) is 6.52. The lowest BCUT2D eigenvalue weighted by molar-refractivity contribution is 0.327. The van der Waals surface area contributed by atoms with E-state index in [1.165, 1.54) is 25.9 Å². The van der Waals surface area contributed by atoms with E-state index in [0.29, 0.717) is 17.6 Å². The molecule has 0 bridgehead atoms. The van der Waals surface area contributed by atoms with E-state index in [1.807, 2.05) is 0 Å². The van der Waals surface area contributed by atoms with Crippen LogP contribution >= 0.6 is 0 Å². The van der Waals surface area contributed by atoms with E-state index in [2.05, 4.69) is 42.7 Å². The smallest absolute Gasteiger partial charge is 0.241 e. The number of fused-ring (bicyclic) bond motifs is 1. The topological polar surface area (TPSA) is 108 Å². The van der Waals surface area contributed by atoms with Crippen molar-refractivity contribution in [3.8, 4) is 0 Å². The molecule has 0 saturated carbocycles. The Morgan fingerprint density at radius 1 is 1.40 bits per heavy atom. The molecule has 0 aromatic carbocycles. The molecule has 0 amide bonds. The molecule has 1 fully saturated rings. The Hall–Kier alpha value is -1.93. The minimum atomic E-state index is 0.298. The zero-order chi connectivity index (χ0) is 13.9. The van der Waals surface area contributed by atoms with E-state index in [0.717, 1.165) is 17.7 Å². The number of aromatic nitrogens is 4. The van der Waals surface area contributed by atoms with Crippen LogP contribution in [0.2, 0.25) is 0 Å². The van der Waals surface area contributed by atoms with Crippen molar-refractivity contribution in [1.29, 1.82) is 0 Å². The van der Waals surface area contributed by atoms with Gasteiger partial charge in [0.1, 0.15) is 5.82 Å². The van der Waals surface area contributed by atoms with Crippen LogP contribution in [0.5, 0.6) is 0 Å². The molecule has 8 nitrogen and oxygen atoms in total. The second-order valence-corrected chi connectivity index (χ2v) is 5.23. The maximum atomic E-state index is 5.40. The van der Waals surface area contributed by atoms with E-state index in [-0.39, 0.29) is 0 Å². The van der Waals surface area contributed by atoms with Crippen molar-refractivity contribution in [2.75, 3.05) is 30.4 Å². The van der Waals surface area contributed by atoms with E-state index in [9.17, 15) is 0 Å². The third kappa shape index (κ3) is 2.66. The maximum absolute atomic E-state index is 5.40. The SMILES string of the molecule is CC(CN1CCCC1)Nc1nc(NN)nc2[nH]ncc12. The number of hydrazine groups is 1. The third-order valence-corrected chi connectivity index (χ3v) is 3.55. The van der Waals surface area contributed by atoms with Crippen molar-refractivity contribution in [2.45, 2.75) is 25.8 Å². The summed E-state index contributed by atoms with van der Waals surface area (Å²) >= 11 is 0. The van der Waals surface area contributed by atoms with Gasteiger partial charge in [-0.25, -0.2) is 5.84 Å². The molecule has 1 atom stereocenters. The first-order valence-electron chi connectivity index (χ1n) is 6.93. The molecule has 0 spiro atoms. The molecule has 0 radical (unpaired) electrons. The van der Waals surface area contributed by atoms with Crippen molar-refractivity contribution < 1.29 is 0 Å².